The molecule has 2 N–H and O–H groups in total. The normalized spacial score (nSPS) is 24.9. The smallest absolute Gasteiger partial charge is 0.274 e. The molecule has 0 aliphatic carbocycles. The van der Waals surface area contributed by atoms with E-state index in [-0.39, 0.29) is 30.5 Å². The Labute approximate surface area is 240 Å². The van der Waals surface area contributed by atoms with Gasteiger partial charge >= 0.3 is 0 Å². The van der Waals surface area contributed by atoms with Crippen molar-refractivity contribution in [3.63, 3.8) is 0 Å². The quantitative estimate of drug-likeness (QED) is 0.478. The molecule has 2 fully saturated rings. The lowest BCUT2D eigenvalue weighted by molar-refractivity contribution is -0.108. The molecule has 4 atom stereocenters. The van der Waals surface area contributed by atoms with Crippen molar-refractivity contribution in [1.82, 2.24) is 14.8 Å². The Bertz CT molecular complexity index is 1600. The number of nitrogens with one attached hydrogen (secondary N) is 1. The van der Waals surface area contributed by atoms with Gasteiger partial charge in [0.05, 0.1) is 12.6 Å². The first kappa shape index (κ1) is 28.0. The second-order valence-electron chi connectivity index (χ2n) is 11.3. The largest absolute Gasteiger partial charge is 0.503 e. The van der Waals surface area contributed by atoms with Gasteiger partial charge in [0.15, 0.2) is 17.7 Å². The second kappa shape index (κ2) is 10.6. The summed E-state index contributed by atoms with van der Waals surface area (Å²) in [7, 11) is 0. The van der Waals surface area contributed by atoms with Gasteiger partial charge in [0, 0.05) is 37.3 Å². The number of hydrogen-bond acceptors (Lipinski definition) is 6. The van der Waals surface area contributed by atoms with Crippen LogP contribution in [0.3, 0.4) is 0 Å². The van der Waals surface area contributed by atoms with Gasteiger partial charge in [0.1, 0.15) is 22.8 Å². The van der Waals surface area contributed by atoms with E-state index in [1.165, 1.54) is 17.7 Å². The van der Waals surface area contributed by atoms with Crippen LogP contribution in [0.1, 0.15) is 63.3 Å². The van der Waals surface area contributed by atoms with Gasteiger partial charge in [0.2, 0.25) is 5.43 Å². The SMILES string of the molecule is Cc1cc(F)c(CNC(=O)c2cn3c(c(O)c2=O)C(=O)N2C[C@@H]3[C@]3(CC[C@@H]2C)CO[C@@H](Cc2ccccc2)O3)c(F)c1. The van der Waals surface area contributed by atoms with Crippen LogP contribution in [0.15, 0.2) is 53.5 Å². The average Bonchev–Trinajstić information content (AvgIpc) is 3.31. The standard InChI is InChI=1S/C31H31F2N3O6/c1-17-10-22(32)20(23(33)11-17)13-34-29(39)21-14-36-24-15-35(30(40)26(36)28(38)27(21)37)18(2)8-9-31(24)16-41-25(42-31)12-19-6-4-3-5-7-19/h3-7,10-11,14,18,24-25,38H,8-9,12-13,15-16H2,1-2H3,(H,34,39)/t18-,24+,25+,31-/m0/s1. The molecule has 3 aliphatic heterocycles. The predicted molar refractivity (Wildman–Crippen MR) is 147 cm³/mol. The van der Waals surface area contributed by atoms with Crippen molar-refractivity contribution in [2.45, 2.75) is 63.6 Å². The summed E-state index contributed by atoms with van der Waals surface area (Å²) in [5, 5.41) is 13.4. The Morgan fingerprint density at radius 2 is 1.88 bits per heavy atom. The molecule has 42 heavy (non-hydrogen) atoms. The number of carbonyl (C=O) groups is 2. The van der Waals surface area contributed by atoms with Crippen LogP contribution < -0.4 is 10.7 Å². The van der Waals surface area contributed by atoms with Gasteiger partial charge in [-0.05, 0) is 49.9 Å². The molecular formula is C31H31F2N3O6. The molecule has 2 amide bonds. The van der Waals surface area contributed by atoms with Gasteiger partial charge in [0.25, 0.3) is 11.8 Å². The van der Waals surface area contributed by atoms with Gasteiger partial charge in [-0.15, -0.1) is 0 Å². The van der Waals surface area contributed by atoms with Gasteiger partial charge in [-0.2, -0.15) is 0 Å². The minimum absolute atomic E-state index is 0.193. The molecule has 2 bridgehead atoms. The van der Waals surface area contributed by atoms with Gasteiger partial charge in [-0.3, -0.25) is 14.4 Å². The maximum Gasteiger partial charge on any atom is 0.274 e. The number of ether oxygens (including phenoxy) is 2. The van der Waals surface area contributed by atoms with Crippen molar-refractivity contribution in [3.05, 3.63) is 98.5 Å². The predicted octanol–water partition coefficient (Wildman–Crippen LogP) is 3.60. The Balaban J connectivity index is 1.35. The summed E-state index contributed by atoms with van der Waals surface area (Å²) in [6.45, 7) is 3.36. The highest BCUT2D eigenvalue weighted by atomic mass is 19.1. The zero-order valence-corrected chi connectivity index (χ0v) is 23.2. The molecular weight excluding hydrogens is 548 g/mol. The fourth-order valence-corrected chi connectivity index (χ4v) is 6.25. The zero-order valence-electron chi connectivity index (χ0n) is 23.2. The van der Waals surface area contributed by atoms with E-state index < -0.39 is 64.7 Å². The van der Waals surface area contributed by atoms with Crippen molar-refractivity contribution in [2.24, 2.45) is 0 Å². The summed E-state index contributed by atoms with van der Waals surface area (Å²) in [4.78, 5) is 41.5. The number of nitrogens with zero attached hydrogens (tertiary/aromatic N) is 2. The number of rotatable bonds is 5. The molecule has 0 radical (unpaired) electrons. The van der Waals surface area contributed by atoms with Crippen molar-refractivity contribution in [3.8, 4) is 5.75 Å². The van der Waals surface area contributed by atoms with E-state index in [0.29, 0.717) is 24.8 Å². The van der Waals surface area contributed by atoms with E-state index >= 15 is 0 Å². The van der Waals surface area contributed by atoms with Crippen LogP contribution in [0.2, 0.25) is 0 Å². The number of halogens is 2. The molecule has 11 heteroatoms. The molecule has 4 heterocycles. The van der Waals surface area contributed by atoms with Crippen LogP contribution in [0.5, 0.6) is 5.75 Å². The second-order valence-corrected chi connectivity index (χ2v) is 11.3. The Kier molecular flexibility index (Phi) is 7.10. The molecule has 0 unspecified atom stereocenters. The van der Waals surface area contributed by atoms with E-state index in [1.807, 2.05) is 37.3 Å². The summed E-state index contributed by atoms with van der Waals surface area (Å²) < 4.78 is 42.9. The summed E-state index contributed by atoms with van der Waals surface area (Å²) in [5.41, 5.74) is -1.59. The van der Waals surface area contributed by atoms with Gasteiger partial charge in [-0.25, -0.2) is 8.78 Å². The van der Waals surface area contributed by atoms with Crippen LogP contribution in [0, 0.1) is 18.6 Å². The number of fused-ring (bicyclic) bond motifs is 5. The molecule has 2 aromatic carbocycles. The van der Waals surface area contributed by atoms with Crippen LogP contribution in [0.4, 0.5) is 8.78 Å². The lowest BCUT2D eigenvalue weighted by atomic mass is 9.88. The molecule has 0 saturated carbocycles. The molecule has 1 aromatic heterocycles. The fraction of sp³-hybridized carbons (Fsp3) is 0.387. The summed E-state index contributed by atoms with van der Waals surface area (Å²) in [6, 6.07) is 11.3. The highest BCUT2D eigenvalue weighted by Crippen LogP contribution is 2.45. The maximum absolute atomic E-state index is 14.4. The first-order chi connectivity index (χ1) is 20.1. The highest BCUT2D eigenvalue weighted by Gasteiger charge is 2.54. The van der Waals surface area contributed by atoms with E-state index in [1.54, 1.807) is 4.90 Å². The number of aromatic nitrogens is 1. The van der Waals surface area contributed by atoms with Crippen LogP contribution >= 0.6 is 0 Å². The average molecular weight is 580 g/mol. The minimum Gasteiger partial charge on any atom is -0.503 e. The molecule has 2 saturated heterocycles. The molecule has 9 nitrogen and oxygen atoms in total. The van der Waals surface area contributed by atoms with Gasteiger partial charge < -0.3 is 29.4 Å². The number of aromatic hydroxyl groups is 1. The van der Waals surface area contributed by atoms with Crippen molar-refractivity contribution >= 4 is 11.8 Å². The first-order valence-corrected chi connectivity index (χ1v) is 13.9. The Morgan fingerprint density at radius 1 is 1.17 bits per heavy atom. The first-order valence-electron chi connectivity index (χ1n) is 13.9. The van der Waals surface area contributed by atoms with Crippen LogP contribution in [-0.2, 0) is 22.4 Å². The van der Waals surface area contributed by atoms with Crippen molar-refractivity contribution < 1.29 is 33.0 Å². The fourth-order valence-electron chi connectivity index (χ4n) is 6.25. The lowest BCUT2D eigenvalue weighted by Gasteiger charge is -2.42. The van der Waals surface area contributed by atoms with E-state index in [0.717, 1.165) is 17.7 Å². The molecule has 3 aliphatic rings. The van der Waals surface area contributed by atoms with Gasteiger partial charge in [-0.1, -0.05) is 30.3 Å². The summed E-state index contributed by atoms with van der Waals surface area (Å²) in [5.74, 6) is -4.00. The number of carbonyl (C=O) groups excluding carboxylic acids is 2. The number of aryl methyl sites for hydroxylation is 1. The maximum atomic E-state index is 14.4. The third kappa shape index (κ3) is 4.76. The molecule has 6 rings (SSSR count). The molecule has 1 spiro atoms. The Morgan fingerprint density at radius 3 is 2.60 bits per heavy atom. The number of pyridine rings is 1. The van der Waals surface area contributed by atoms with Crippen LogP contribution in [0.25, 0.3) is 0 Å². The minimum atomic E-state index is -1.05. The topological polar surface area (TPSA) is 110 Å². The number of benzene rings is 2. The number of amides is 2. The third-order valence-electron chi connectivity index (χ3n) is 8.58. The van der Waals surface area contributed by atoms with E-state index in [2.05, 4.69) is 5.32 Å². The summed E-state index contributed by atoms with van der Waals surface area (Å²) >= 11 is 0. The molecule has 3 aromatic rings. The summed E-state index contributed by atoms with van der Waals surface area (Å²) in [6.07, 6.45) is 2.33. The zero-order chi connectivity index (χ0) is 29.8. The highest BCUT2D eigenvalue weighted by molar-refractivity contribution is 5.99. The van der Waals surface area contributed by atoms with Crippen molar-refractivity contribution in [2.75, 3.05) is 13.2 Å². The van der Waals surface area contributed by atoms with E-state index in [4.69, 9.17) is 9.47 Å². The number of hydrogen-bond donors (Lipinski definition) is 2. The van der Waals surface area contributed by atoms with E-state index in [9.17, 15) is 28.3 Å². The molecule has 220 valence electrons. The lowest BCUT2D eigenvalue weighted by Crippen LogP contribution is -2.53. The Hall–Kier alpha value is -4.09. The van der Waals surface area contributed by atoms with Crippen molar-refractivity contribution in [1.29, 1.82) is 0 Å². The van der Waals surface area contributed by atoms with Crippen LogP contribution in [-0.4, -0.2) is 57.5 Å². The monoisotopic (exact) mass is 579 g/mol. The third-order valence-corrected chi connectivity index (χ3v) is 8.58.